The van der Waals surface area contributed by atoms with Crippen LogP contribution in [0.25, 0.3) is 11.0 Å². The van der Waals surface area contributed by atoms with E-state index in [1.807, 2.05) is 61.5 Å². The summed E-state index contributed by atoms with van der Waals surface area (Å²) >= 11 is 0. The molecule has 0 aliphatic carbocycles. The van der Waals surface area contributed by atoms with Crippen LogP contribution in [0.3, 0.4) is 0 Å². The third-order valence-corrected chi connectivity index (χ3v) is 2.86. The summed E-state index contributed by atoms with van der Waals surface area (Å²) in [6.45, 7) is 1.92. The van der Waals surface area contributed by atoms with Crippen molar-refractivity contribution in [3.8, 4) is 0 Å². The van der Waals surface area contributed by atoms with E-state index < -0.39 is 0 Å². The van der Waals surface area contributed by atoms with E-state index >= 15 is 0 Å². The van der Waals surface area contributed by atoms with E-state index in [-0.39, 0.29) is 0 Å². The number of nitrogens with zero attached hydrogens (tertiary/aromatic N) is 2. The van der Waals surface area contributed by atoms with Gasteiger partial charge < -0.3 is 4.98 Å². The van der Waals surface area contributed by atoms with E-state index in [0.29, 0.717) is 0 Å². The molecule has 3 rings (SSSR count). The fourth-order valence-electron chi connectivity index (χ4n) is 1.84. The van der Waals surface area contributed by atoms with Gasteiger partial charge in [-0.1, -0.05) is 30.3 Å². The number of benzene rings is 2. The van der Waals surface area contributed by atoms with Gasteiger partial charge in [0.1, 0.15) is 5.71 Å². The van der Waals surface area contributed by atoms with Crippen LogP contribution in [0.5, 0.6) is 0 Å². The summed E-state index contributed by atoms with van der Waals surface area (Å²) in [5.41, 5.74) is 6.76. The summed E-state index contributed by atoms with van der Waals surface area (Å²) in [5.74, 6) is 0.782. The van der Waals surface area contributed by atoms with Gasteiger partial charge >= 0.3 is 0 Å². The van der Waals surface area contributed by atoms with Crippen molar-refractivity contribution in [2.75, 3.05) is 5.43 Å². The number of nitrogens with one attached hydrogen (secondary N) is 2. The number of para-hydroxylation sites is 3. The number of anilines is 1. The molecule has 0 unspecified atom stereocenters. The Balaban J connectivity index is 1.85. The lowest BCUT2D eigenvalue weighted by Crippen LogP contribution is -2.01. The summed E-state index contributed by atoms with van der Waals surface area (Å²) in [7, 11) is 0. The number of imidazole rings is 1. The third-order valence-electron chi connectivity index (χ3n) is 2.86. The summed E-state index contributed by atoms with van der Waals surface area (Å²) in [4.78, 5) is 7.75. The summed E-state index contributed by atoms with van der Waals surface area (Å²) in [5, 5.41) is 4.33. The normalized spacial score (nSPS) is 11.7. The van der Waals surface area contributed by atoms with E-state index in [1.54, 1.807) is 0 Å². The van der Waals surface area contributed by atoms with Crippen molar-refractivity contribution in [3.63, 3.8) is 0 Å². The SMILES string of the molecule is CC(=NNc1ccccc1)c1nc2ccccc2[nH]1. The molecule has 0 saturated heterocycles. The minimum Gasteiger partial charge on any atom is -0.337 e. The minimum absolute atomic E-state index is 0.782. The number of hydrogen-bond donors (Lipinski definition) is 2. The fraction of sp³-hybridized carbons (Fsp3) is 0.0667. The molecule has 94 valence electrons. The van der Waals surface area contributed by atoms with Gasteiger partial charge in [0.25, 0.3) is 0 Å². The largest absolute Gasteiger partial charge is 0.337 e. The number of aromatic nitrogens is 2. The van der Waals surface area contributed by atoms with Gasteiger partial charge in [0, 0.05) is 0 Å². The van der Waals surface area contributed by atoms with Crippen LogP contribution in [0.15, 0.2) is 59.7 Å². The first-order valence-electron chi connectivity index (χ1n) is 6.13. The topological polar surface area (TPSA) is 53.1 Å². The van der Waals surface area contributed by atoms with Crippen molar-refractivity contribution >= 4 is 22.4 Å². The monoisotopic (exact) mass is 250 g/mol. The van der Waals surface area contributed by atoms with Crippen LogP contribution >= 0.6 is 0 Å². The molecule has 4 nitrogen and oxygen atoms in total. The van der Waals surface area contributed by atoms with Gasteiger partial charge in [-0.3, -0.25) is 5.43 Å². The zero-order chi connectivity index (χ0) is 13.1. The molecule has 1 aromatic heterocycles. The molecular formula is C15H14N4. The first kappa shape index (κ1) is 11.5. The lowest BCUT2D eigenvalue weighted by atomic mass is 10.3. The number of hydrogen-bond acceptors (Lipinski definition) is 3. The molecule has 0 aliphatic heterocycles. The number of rotatable bonds is 3. The van der Waals surface area contributed by atoms with Crippen molar-refractivity contribution in [2.45, 2.75) is 6.92 Å². The second-order valence-electron chi connectivity index (χ2n) is 4.28. The van der Waals surface area contributed by atoms with Crippen LogP contribution in [0, 0.1) is 0 Å². The fourth-order valence-corrected chi connectivity index (χ4v) is 1.84. The zero-order valence-electron chi connectivity index (χ0n) is 10.6. The lowest BCUT2D eigenvalue weighted by molar-refractivity contribution is 1.24. The van der Waals surface area contributed by atoms with E-state index in [0.717, 1.165) is 28.3 Å². The van der Waals surface area contributed by atoms with Gasteiger partial charge in [-0.2, -0.15) is 5.10 Å². The Bertz CT molecular complexity index is 680. The van der Waals surface area contributed by atoms with E-state index in [1.165, 1.54) is 0 Å². The highest BCUT2D eigenvalue weighted by atomic mass is 15.3. The molecule has 2 N–H and O–H groups in total. The molecule has 2 aromatic carbocycles. The third kappa shape index (κ3) is 2.47. The molecular weight excluding hydrogens is 236 g/mol. The Morgan fingerprint density at radius 3 is 2.58 bits per heavy atom. The molecule has 0 spiro atoms. The van der Waals surface area contributed by atoms with Crippen molar-refractivity contribution in [1.29, 1.82) is 0 Å². The summed E-state index contributed by atoms with van der Waals surface area (Å²) in [6.07, 6.45) is 0. The highest BCUT2D eigenvalue weighted by molar-refractivity contribution is 5.98. The van der Waals surface area contributed by atoms with E-state index in [9.17, 15) is 0 Å². The number of H-pyrrole nitrogens is 1. The number of hydrazone groups is 1. The van der Waals surface area contributed by atoms with Crippen LogP contribution in [0.1, 0.15) is 12.7 Å². The summed E-state index contributed by atoms with van der Waals surface area (Å²) in [6, 6.07) is 17.8. The maximum absolute atomic E-state index is 4.50. The molecule has 0 fully saturated rings. The zero-order valence-corrected chi connectivity index (χ0v) is 10.6. The average molecular weight is 250 g/mol. The molecule has 0 bridgehead atoms. The molecule has 4 heteroatoms. The molecule has 1 heterocycles. The van der Waals surface area contributed by atoms with Gasteiger partial charge in [-0.25, -0.2) is 4.98 Å². The van der Waals surface area contributed by atoms with Crippen LogP contribution in [0.2, 0.25) is 0 Å². The predicted octanol–water partition coefficient (Wildman–Crippen LogP) is 3.40. The Morgan fingerprint density at radius 1 is 1.05 bits per heavy atom. The van der Waals surface area contributed by atoms with Crippen molar-refractivity contribution < 1.29 is 0 Å². The van der Waals surface area contributed by atoms with E-state index in [2.05, 4.69) is 20.5 Å². The first-order valence-corrected chi connectivity index (χ1v) is 6.13. The Hall–Kier alpha value is -2.62. The smallest absolute Gasteiger partial charge is 0.154 e. The lowest BCUT2D eigenvalue weighted by Gasteiger charge is -2.00. The maximum Gasteiger partial charge on any atom is 0.154 e. The van der Waals surface area contributed by atoms with Gasteiger partial charge in [-0.05, 0) is 31.2 Å². The Morgan fingerprint density at radius 2 is 1.79 bits per heavy atom. The van der Waals surface area contributed by atoms with Crippen molar-refractivity contribution in [1.82, 2.24) is 9.97 Å². The summed E-state index contributed by atoms with van der Waals surface area (Å²) < 4.78 is 0. The second kappa shape index (κ2) is 4.94. The van der Waals surface area contributed by atoms with Crippen molar-refractivity contribution in [2.24, 2.45) is 5.10 Å². The van der Waals surface area contributed by atoms with E-state index in [4.69, 9.17) is 0 Å². The molecule has 0 aliphatic rings. The van der Waals surface area contributed by atoms with Crippen molar-refractivity contribution in [3.05, 3.63) is 60.4 Å². The van der Waals surface area contributed by atoms with Gasteiger partial charge in [0.05, 0.1) is 16.7 Å². The molecule has 0 atom stereocenters. The van der Waals surface area contributed by atoms with Crippen LogP contribution in [-0.4, -0.2) is 15.7 Å². The molecule has 0 saturated carbocycles. The Kier molecular flexibility index (Phi) is 2.98. The van der Waals surface area contributed by atoms with Gasteiger partial charge in [-0.15, -0.1) is 0 Å². The Labute approximate surface area is 111 Å². The van der Waals surface area contributed by atoms with Gasteiger partial charge in [0.2, 0.25) is 0 Å². The van der Waals surface area contributed by atoms with Crippen LogP contribution < -0.4 is 5.43 Å². The number of aromatic amines is 1. The first-order chi connectivity index (χ1) is 9.33. The molecule has 0 amide bonds. The van der Waals surface area contributed by atoms with Crippen LogP contribution in [0.4, 0.5) is 5.69 Å². The predicted molar refractivity (Wildman–Crippen MR) is 78.4 cm³/mol. The van der Waals surface area contributed by atoms with Crippen LogP contribution in [-0.2, 0) is 0 Å². The van der Waals surface area contributed by atoms with Gasteiger partial charge in [0.15, 0.2) is 5.82 Å². The maximum atomic E-state index is 4.50. The molecule has 3 aromatic rings. The highest BCUT2D eigenvalue weighted by Crippen LogP contribution is 2.11. The number of fused-ring (bicyclic) bond motifs is 1. The second-order valence-corrected chi connectivity index (χ2v) is 4.28. The quantitative estimate of drug-likeness (QED) is 0.553. The average Bonchev–Trinajstić information content (AvgIpc) is 2.90. The standard InChI is InChI=1S/C15H14N4/c1-11(18-19-12-7-3-2-4-8-12)15-16-13-9-5-6-10-14(13)17-15/h2-10,19H,1H3,(H,16,17). The minimum atomic E-state index is 0.782. The molecule has 0 radical (unpaired) electrons. The molecule has 19 heavy (non-hydrogen) atoms. The highest BCUT2D eigenvalue weighted by Gasteiger charge is 2.04.